The van der Waals surface area contributed by atoms with E-state index in [1.54, 1.807) is 0 Å². The summed E-state index contributed by atoms with van der Waals surface area (Å²) < 4.78 is 52.2. The number of benzene rings is 2. The summed E-state index contributed by atoms with van der Waals surface area (Å²) in [6, 6.07) is 14.0. The second kappa shape index (κ2) is 6.67. The number of nitrogens with zero attached hydrogens (tertiary/aromatic N) is 1. The van der Waals surface area contributed by atoms with Crippen LogP contribution in [0.4, 0.5) is 0 Å². The Labute approximate surface area is 194 Å². The molecule has 2 atom stereocenters. The van der Waals surface area contributed by atoms with Gasteiger partial charge in [-0.05, 0) is 80.4 Å². The Balaban J connectivity index is 1.36. The van der Waals surface area contributed by atoms with E-state index in [4.69, 9.17) is 0 Å². The number of aryl methyl sites for hydroxylation is 1. The average Bonchev–Trinajstić information content (AvgIpc) is 2.91. The molecule has 33 heavy (non-hydrogen) atoms. The number of hydrogen-bond acceptors (Lipinski definition) is 5. The Morgan fingerprint density at radius 2 is 1.42 bits per heavy atom. The van der Waals surface area contributed by atoms with Crippen LogP contribution in [0.25, 0.3) is 0 Å². The van der Waals surface area contributed by atoms with Crippen molar-refractivity contribution in [1.82, 2.24) is 9.25 Å². The molecule has 0 spiro atoms. The van der Waals surface area contributed by atoms with Crippen LogP contribution in [0.3, 0.4) is 0 Å². The molecule has 2 aromatic carbocycles. The van der Waals surface area contributed by atoms with Crippen LogP contribution in [0, 0.1) is 24.2 Å². The van der Waals surface area contributed by atoms with Gasteiger partial charge < -0.3 is 0 Å². The number of carbonyl (C=O) groups is 1. The standard InChI is InChI=1S/C24H26N2O5S2/c1-16-6-8-19(9-7-16)23-11-17-10-18(12-23)14-24(13-17,15-23)22(27)25-26-32(28,29)20-4-2-3-5-21(20)33(26,30)31/h2-9,17-18H,10-15H2,1H3,(H,25,27). The number of amides is 1. The quantitative estimate of drug-likeness (QED) is 0.718. The fourth-order valence-electron chi connectivity index (χ4n) is 7.28. The van der Waals surface area contributed by atoms with Crippen LogP contribution in [0.15, 0.2) is 58.3 Å². The summed E-state index contributed by atoms with van der Waals surface area (Å²) in [4.78, 5) is 13.1. The summed E-state index contributed by atoms with van der Waals surface area (Å²) in [5, 5.41) is 0. The smallest absolute Gasteiger partial charge is 0.273 e. The number of nitrogens with one attached hydrogen (secondary N) is 1. The fraction of sp³-hybridized carbons (Fsp3) is 0.458. The molecule has 1 amide bonds. The maximum Gasteiger partial charge on any atom is 0.275 e. The van der Waals surface area contributed by atoms with Gasteiger partial charge in [0.05, 0.1) is 5.41 Å². The molecule has 7 nitrogen and oxygen atoms in total. The first kappa shape index (κ1) is 21.3. The van der Waals surface area contributed by atoms with Crippen molar-refractivity contribution in [3.63, 3.8) is 0 Å². The number of hydrogen-bond donors (Lipinski definition) is 1. The molecule has 5 aliphatic rings. The van der Waals surface area contributed by atoms with E-state index >= 15 is 0 Å². The number of rotatable bonds is 3. The highest BCUT2D eigenvalue weighted by Gasteiger charge is 2.62. The highest BCUT2D eigenvalue weighted by atomic mass is 32.3. The van der Waals surface area contributed by atoms with E-state index in [9.17, 15) is 21.6 Å². The first-order valence-corrected chi connectivity index (χ1v) is 14.2. The monoisotopic (exact) mass is 486 g/mol. The van der Waals surface area contributed by atoms with E-state index in [-0.39, 0.29) is 19.0 Å². The maximum atomic E-state index is 13.7. The van der Waals surface area contributed by atoms with Gasteiger partial charge in [0, 0.05) is 3.82 Å². The second-order valence-corrected chi connectivity index (χ2v) is 14.2. The van der Waals surface area contributed by atoms with E-state index in [1.165, 1.54) is 35.4 Å². The summed E-state index contributed by atoms with van der Waals surface area (Å²) in [7, 11) is -8.76. The molecule has 0 saturated heterocycles. The van der Waals surface area contributed by atoms with Crippen molar-refractivity contribution in [3.05, 3.63) is 59.7 Å². The molecular formula is C24H26N2O5S2. The molecule has 1 aliphatic heterocycles. The number of hydrazine groups is 1. The van der Waals surface area contributed by atoms with Gasteiger partial charge in [0.15, 0.2) is 0 Å². The third-order valence-corrected chi connectivity index (χ3v) is 12.4. The Hall–Kier alpha value is -2.23. The maximum absolute atomic E-state index is 13.7. The van der Waals surface area contributed by atoms with Crippen molar-refractivity contribution in [3.8, 4) is 0 Å². The number of fused-ring (bicyclic) bond motifs is 1. The minimum atomic E-state index is -4.38. The van der Waals surface area contributed by atoms with Crippen molar-refractivity contribution in [2.45, 2.75) is 60.7 Å². The van der Waals surface area contributed by atoms with Gasteiger partial charge >= 0.3 is 0 Å². The molecule has 2 unspecified atom stereocenters. The van der Waals surface area contributed by atoms with E-state index in [0.717, 1.165) is 19.3 Å². The van der Waals surface area contributed by atoms with Crippen molar-refractivity contribution >= 4 is 26.0 Å². The molecule has 7 rings (SSSR count). The fourth-order valence-corrected chi connectivity index (χ4v) is 11.3. The first-order chi connectivity index (χ1) is 15.6. The second-order valence-electron chi connectivity index (χ2n) is 10.5. The molecule has 0 aromatic heterocycles. The average molecular weight is 487 g/mol. The van der Waals surface area contributed by atoms with Crippen LogP contribution < -0.4 is 5.43 Å². The Kier molecular flexibility index (Phi) is 4.31. The van der Waals surface area contributed by atoms with Gasteiger partial charge in [0.2, 0.25) is 5.91 Å². The molecule has 4 bridgehead atoms. The van der Waals surface area contributed by atoms with E-state index < -0.39 is 31.4 Å². The molecule has 9 heteroatoms. The largest absolute Gasteiger partial charge is 0.275 e. The van der Waals surface area contributed by atoms with Gasteiger partial charge in [0.25, 0.3) is 20.0 Å². The summed E-state index contributed by atoms with van der Waals surface area (Å²) in [5.41, 5.74) is 3.88. The van der Waals surface area contributed by atoms with E-state index in [2.05, 4.69) is 29.7 Å². The molecule has 1 heterocycles. The summed E-state index contributed by atoms with van der Waals surface area (Å²) in [6.07, 6.45) is 5.07. The molecule has 174 valence electrons. The van der Waals surface area contributed by atoms with Crippen LogP contribution in [0.2, 0.25) is 0 Å². The normalized spacial score (nSPS) is 35.3. The zero-order valence-corrected chi connectivity index (χ0v) is 20.0. The summed E-state index contributed by atoms with van der Waals surface area (Å²) >= 11 is 0. The van der Waals surface area contributed by atoms with E-state index in [0.29, 0.717) is 31.1 Å². The van der Waals surface area contributed by atoms with Gasteiger partial charge in [0.1, 0.15) is 9.79 Å². The molecule has 0 radical (unpaired) electrons. The van der Waals surface area contributed by atoms with E-state index in [1.807, 2.05) is 6.92 Å². The van der Waals surface area contributed by atoms with Gasteiger partial charge in [-0.15, -0.1) is 0 Å². The SMILES string of the molecule is Cc1ccc(C23CC4CC(CC(C(=O)NN5S(=O)(=O)c6ccccc6S5(=O)=O)(C4)C2)C3)cc1. The van der Waals surface area contributed by atoms with Crippen molar-refractivity contribution in [2.24, 2.45) is 17.3 Å². The van der Waals surface area contributed by atoms with Gasteiger partial charge in [-0.1, -0.05) is 42.0 Å². The summed E-state index contributed by atoms with van der Waals surface area (Å²) in [5.74, 6) is 0.262. The Morgan fingerprint density at radius 3 is 1.97 bits per heavy atom. The van der Waals surface area contributed by atoms with Crippen LogP contribution in [-0.4, -0.2) is 26.6 Å². The first-order valence-electron chi connectivity index (χ1n) is 11.3. The predicted molar refractivity (Wildman–Crippen MR) is 121 cm³/mol. The van der Waals surface area contributed by atoms with Gasteiger partial charge in [-0.25, -0.2) is 16.8 Å². The molecule has 4 saturated carbocycles. The third kappa shape index (κ3) is 2.91. The van der Waals surface area contributed by atoms with Gasteiger partial charge in [-0.2, -0.15) is 0 Å². The lowest BCUT2D eigenvalue weighted by Crippen LogP contribution is -2.61. The number of carbonyl (C=O) groups excluding carboxylic acids is 1. The number of sulfonamides is 2. The Bertz CT molecular complexity index is 1320. The van der Waals surface area contributed by atoms with Crippen molar-refractivity contribution in [2.75, 3.05) is 0 Å². The summed E-state index contributed by atoms with van der Waals surface area (Å²) in [6.45, 7) is 2.05. The van der Waals surface area contributed by atoms with Crippen molar-refractivity contribution < 1.29 is 21.6 Å². The highest BCUT2D eigenvalue weighted by Crippen LogP contribution is 2.65. The van der Waals surface area contributed by atoms with Crippen LogP contribution in [0.5, 0.6) is 0 Å². The molecule has 4 fully saturated rings. The lowest BCUT2D eigenvalue weighted by Gasteiger charge is -2.61. The third-order valence-electron chi connectivity index (χ3n) is 8.24. The lowest BCUT2D eigenvalue weighted by molar-refractivity contribution is -0.151. The molecular weight excluding hydrogens is 460 g/mol. The van der Waals surface area contributed by atoms with Crippen LogP contribution in [0.1, 0.15) is 49.7 Å². The molecule has 1 N–H and O–H groups in total. The zero-order chi connectivity index (χ0) is 23.2. The topological polar surface area (TPSA) is 101 Å². The predicted octanol–water partition coefficient (Wildman–Crippen LogP) is 3.26. The highest BCUT2D eigenvalue weighted by molar-refractivity contribution is 8.06. The lowest BCUT2D eigenvalue weighted by atomic mass is 9.42. The zero-order valence-electron chi connectivity index (χ0n) is 18.3. The minimum absolute atomic E-state index is 0.124. The molecule has 2 aromatic rings. The molecule has 4 aliphatic carbocycles. The van der Waals surface area contributed by atoms with Gasteiger partial charge in [-0.3, -0.25) is 10.2 Å². The van der Waals surface area contributed by atoms with Crippen LogP contribution in [-0.2, 0) is 30.3 Å². The van der Waals surface area contributed by atoms with Crippen LogP contribution >= 0.6 is 0 Å². The minimum Gasteiger partial charge on any atom is -0.273 e. The van der Waals surface area contributed by atoms with Crippen molar-refractivity contribution in [1.29, 1.82) is 0 Å². The Morgan fingerprint density at radius 1 is 0.879 bits per heavy atom.